The van der Waals surface area contributed by atoms with Gasteiger partial charge in [0.05, 0.1) is 6.61 Å². The van der Waals surface area contributed by atoms with Crippen LogP contribution in [-0.2, 0) is 4.74 Å². The zero-order valence-corrected chi connectivity index (χ0v) is 10.9. The summed E-state index contributed by atoms with van der Waals surface area (Å²) in [5.41, 5.74) is 0. The molecule has 104 valence electrons. The van der Waals surface area contributed by atoms with Gasteiger partial charge in [-0.1, -0.05) is 6.07 Å². The lowest BCUT2D eigenvalue weighted by atomic mass is 10.1. The van der Waals surface area contributed by atoms with Gasteiger partial charge in [0, 0.05) is 31.8 Å². The van der Waals surface area contributed by atoms with Crippen molar-refractivity contribution in [1.82, 2.24) is 9.88 Å². The maximum absolute atomic E-state index is 13.0. The minimum atomic E-state index is -0.488. The number of hydrogen-bond acceptors (Lipinski definition) is 4. The summed E-state index contributed by atoms with van der Waals surface area (Å²) < 4.78 is 24.1. The Morgan fingerprint density at radius 3 is 2.79 bits per heavy atom. The van der Waals surface area contributed by atoms with E-state index in [1.54, 1.807) is 12.1 Å². The highest BCUT2D eigenvalue weighted by atomic mass is 19.1. The van der Waals surface area contributed by atoms with Crippen LogP contribution >= 0.6 is 0 Å². The van der Waals surface area contributed by atoms with Crippen LogP contribution in [0.25, 0.3) is 0 Å². The highest BCUT2D eigenvalue weighted by Gasteiger charge is 2.28. The van der Waals surface area contributed by atoms with Crippen molar-refractivity contribution in [2.24, 2.45) is 0 Å². The second kappa shape index (κ2) is 5.84. The zero-order valence-electron chi connectivity index (χ0n) is 10.9. The molecule has 0 saturated carbocycles. The molecule has 0 bridgehead atoms. The van der Waals surface area contributed by atoms with Crippen LogP contribution in [0.5, 0.6) is 5.88 Å². The first kappa shape index (κ1) is 12.8. The minimum absolute atomic E-state index is 0.146. The van der Waals surface area contributed by atoms with E-state index in [-0.39, 0.29) is 6.10 Å². The summed E-state index contributed by atoms with van der Waals surface area (Å²) in [5.74, 6) is -0.0966. The van der Waals surface area contributed by atoms with E-state index in [2.05, 4.69) is 9.88 Å². The Balaban J connectivity index is 1.50. The van der Waals surface area contributed by atoms with Gasteiger partial charge in [0.1, 0.15) is 6.10 Å². The van der Waals surface area contributed by atoms with Gasteiger partial charge in [0.15, 0.2) is 0 Å². The quantitative estimate of drug-likeness (QED) is 0.782. The van der Waals surface area contributed by atoms with E-state index in [1.807, 2.05) is 0 Å². The van der Waals surface area contributed by atoms with Crippen LogP contribution < -0.4 is 4.74 Å². The third kappa shape index (κ3) is 3.22. The molecule has 1 aromatic rings. The third-order valence-electron chi connectivity index (χ3n) is 3.88. The van der Waals surface area contributed by atoms with E-state index >= 15 is 0 Å². The number of aromatic nitrogens is 1. The molecule has 4 nitrogen and oxygen atoms in total. The average Bonchev–Trinajstić information content (AvgIpc) is 2.94. The molecule has 0 spiro atoms. The monoisotopic (exact) mass is 266 g/mol. The largest absolute Gasteiger partial charge is 0.474 e. The molecule has 0 amide bonds. The van der Waals surface area contributed by atoms with E-state index in [0.29, 0.717) is 11.9 Å². The minimum Gasteiger partial charge on any atom is -0.474 e. The molecule has 19 heavy (non-hydrogen) atoms. The molecule has 2 aliphatic heterocycles. The third-order valence-corrected chi connectivity index (χ3v) is 3.88. The van der Waals surface area contributed by atoms with Gasteiger partial charge in [0.2, 0.25) is 11.8 Å². The molecule has 2 fully saturated rings. The highest BCUT2D eigenvalue weighted by Crippen LogP contribution is 2.21. The topological polar surface area (TPSA) is 34.6 Å². The normalized spacial score (nSPS) is 25.6. The van der Waals surface area contributed by atoms with E-state index < -0.39 is 5.95 Å². The van der Waals surface area contributed by atoms with Crippen LogP contribution in [0.1, 0.15) is 19.3 Å². The Kier molecular flexibility index (Phi) is 3.94. The van der Waals surface area contributed by atoms with Gasteiger partial charge in [-0.15, -0.1) is 0 Å². The molecular formula is C14H19FN2O2. The maximum Gasteiger partial charge on any atom is 0.216 e. The number of hydrogen-bond donors (Lipinski definition) is 0. The Bertz CT molecular complexity index is 416. The fourth-order valence-corrected chi connectivity index (χ4v) is 2.79. The molecule has 0 N–H and O–H groups in total. The van der Waals surface area contributed by atoms with Crippen LogP contribution in [0.3, 0.4) is 0 Å². The first-order valence-electron chi connectivity index (χ1n) is 6.92. The molecule has 5 heteroatoms. The molecule has 3 rings (SSSR count). The lowest BCUT2D eigenvalue weighted by Gasteiger charge is -2.35. The fraction of sp³-hybridized carbons (Fsp3) is 0.643. The SMILES string of the molecule is Fc1cccc(OC2CCN(C3CCOC3)CC2)n1. The molecule has 2 aliphatic rings. The Morgan fingerprint density at radius 1 is 1.26 bits per heavy atom. The number of rotatable bonds is 3. The molecule has 2 saturated heterocycles. The Labute approximate surface area is 112 Å². The summed E-state index contributed by atoms with van der Waals surface area (Å²) in [6.07, 6.45) is 3.22. The van der Waals surface area contributed by atoms with Gasteiger partial charge in [-0.2, -0.15) is 9.37 Å². The van der Waals surface area contributed by atoms with Gasteiger partial charge in [0.25, 0.3) is 0 Å². The van der Waals surface area contributed by atoms with Gasteiger partial charge < -0.3 is 9.47 Å². The standard InChI is InChI=1S/C14H19FN2O2/c15-13-2-1-3-14(16-13)19-12-4-7-17(8-5-12)11-6-9-18-10-11/h1-3,11-12H,4-10H2. The first-order valence-corrected chi connectivity index (χ1v) is 6.92. The van der Waals surface area contributed by atoms with Crippen LogP contribution in [0.4, 0.5) is 4.39 Å². The lowest BCUT2D eigenvalue weighted by molar-refractivity contribution is 0.0658. The van der Waals surface area contributed by atoms with Gasteiger partial charge in [-0.05, 0) is 25.3 Å². The first-order chi connectivity index (χ1) is 9.31. The van der Waals surface area contributed by atoms with Crippen molar-refractivity contribution in [3.63, 3.8) is 0 Å². The van der Waals surface area contributed by atoms with Crippen molar-refractivity contribution in [1.29, 1.82) is 0 Å². The second-order valence-corrected chi connectivity index (χ2v) is 5.17. The van der Waals surface area contributed by atoms with Crippen molar-refractivity contribution in [2.75, 3.05) is 26.3 Å². The summed E-state index contributed by atoms with van der Waals surface area (Å²) >= 11 is 0. The number of likely N-dealkylation sites (tertiary alicyclic amines) is 1. The predicted molar refractivity (Wildman–Crippen MR) is 68.6 cm³/mol. The Morgan fingerprint density at radius 2 is 2.11 bits per heavy atom. The lowest BCUT2D eigenvalue weighted by Crippen LogP contribution is -2.44. The predicted octanol–water partition coefficient (Wildman–Crippen LogP) is 1.85. The molecule has 0 radical (unpaired) electrons. The summed E-state index contributed by atoms with van der Waals surface area (Å²) in [6, 6.07) is 5.24. The highest BCUT2D eigenvalue weighted by molar-refractivity contribution is 5.10. The van der Waals surface area contributed by atoms with Crippen molar-refractivity contribution in [2.45, 2.75) is 31.4 Å². The number of pyridine rings is 1. The number of halogens is 1. The van der Waals surface area contributed by atoms with Crippen LogP contribution in [0.2, 0.25) is 0 Å². The van der Waals surface area contributed by atoms with Gasteiger partial charge in [-0.3, -0.25) is 4.90 Å². The Hall–Kier alpha value is -1.20. The summed E-state index contributed by atoms with van der Waals surface area (Å²) in [7, 11) is 0. The van der Waals surface area contributed by atoms with Crippen LogP contribution in [-0.4, -0.2) is 48.3 Å². The molecule has 1 atom stereocenters. The van der Waals surface area contributed by atoms with Gasteiger partial charge in [-0.25, -0.2) is 0 Å². The fourth-order valence-electron chi connectivity index (χ4n) is 2.79. The van der Waals surface area contributed by atoms with Crippen molar-refractivity contribution >= 4 is 0 Å². The zero-order chi connectivity index (χ0) is 13.1. The molecule has 0 aliphatic carbocycles. The van der Waals surface area contributed by atoms with Crippen molar-refractivity contribution < 1.29 is 13.9 Å². The van der Waals surface area contributed by atoms with E-state index in [9.17, 15) is 4.39 Å². The molecule has 1 unspecified atom stereocenters. The van der Waals surface area contributed by atoms with E-state index in [1.165, 1.54) is 6.07 Å². The summed E-state index contributed by atoms with van der Waals surface area (Å²) in [6.45, 7) is 3.79. The second-order valence-electron chi connectivity index (χ2n) is 5.17. The summed E-state index contributed by atoms with van der Waals surface area (Å²) in [4.78, 5) is 6.22. The summed E-state index contributed by atoms with van der Waals surface area (Å²) in [5, 5.41) is 0. The number of ether oxygens (including phenoxy) is 2. The molecular weight excluding hydrogens is 247 g/mol. The van der Waals surface area contributed by atoms with Crippen LogP contribution in [0.15, 0.2) is 18.2 Å². The van der Waals surface area contributed by atoms with Gasteiger partial charge >= 0.3 is 0 Å². The van der Waals surface area contributed by atoms with Crippen LogP contribution in [0, 0.1) is 5.95 Å². The van der Waals surface area contributed by atoms with Crippen molar-refractivity contribution in [3.8, 4) is 5.88 Å². The molecule has 3 heterocycles. The van der Waals surface area contributed by atoms with Crippen molar-refractivity contribution in [3.05, 3.63) is 24.1 Å². The number of piperidine rings is 1. The van der Waals surface area contributed by atoms with E-state index in [4.69, 9.17) is 9.47 Å². The molecule has 1 aromatic heterocycles. The van der Waals surface area contributed by atoms with E-state index in [0.717, 1.165) is 45.6 Å². The molecule has 0 aromatic carbocycles. The number of nitrogens with zero attached hydrogens (tertiary/aromatic N) is 2. The smallest absolute Gasteiger partial charge is 0.216 e. The maximum atomic E-state index is 13.0. The average molecular weight is 266 g/mol.